The van der Waals surface area contributed by atoms with E-state index >= 15 is 0 Å². The van der Waals surface area contributed by atoms with E-state index in [4.69, 9.17) is 5.73 Å². The second-order valence-corrected chi connectivity index (χ2v) is 6.05. The van der Waals surface area contributed by atoms with Crippen LogP contribution >= 0.6 is 15.9 Å². The number of nitrogens with two attached hydrogens (primary N) is 1. The first kappa shape index (κ1) is 13.9. The summed E-state index contributed by atoms with van der Waals surface area (Å²) in [5, 5.41) is 7.31. The number of benzene rings is 2. The SMILES string of the molecule is Cc1ccc(Br)cc1-c1[nH]nc(N)c1-c1ccccc1C. The number of aromatic amines is 1. The van der Waals surface area contributed by atoms with Crippen LogP contribution in [0.2, 0.25) is 0 Å². The predicted molar refractivity (Wildman–Crippen MR) is 91.0 cm³/mol. The summed E-state index contributed by atoms with van der Waals surface area (Å²) in [4.78, 5) is 0. The Morgan fingerprint density at radius 1 is 1.00 bits per heavy atom. The minimum atomic E-state index is 0.527. The Morgan fingerprint density at radius 2 is 1.71 bits per heavy atom. The number of hydrogen-bond acceptors (Lipinski definition) is 2. The summed E-state index contributed by atoms with van der Waals surface area (Å²) in [5.74, 6) is 0.527. The molecule has 4 heteroatoms. The molecule has 21 heavy (non-hydrogen) atoms. The first-order valence-corrected chi connectivity index (χ1v) is 7.53. The molecular weight excluding hydrogens is 326 g/mol. The van der Waals surface area contributed by atoms with Gasteiger partial charge in [0.2, 0.25) is 0 Å². The molecule has 0 aliphatic carbocycles. The Labute approximate surface area is 132 Å². The van der Waals surface area contributed by atoms with Crippen molar-refractivity contribution < 1.29 is 0 Å². The number of nitrogens with zero attached hydrogens (tertiary/aromatic N) is 1. The van der Waals surface area contributed by atoms with E-state index in [2.05, 4.69) is 64.2 Å². The van der Waals surface area contributed by atoms with Crippen LogP contribution in [0.1, 0.15) is 11.1 Å². The minimum Gasteiger partial charge on any atom is -0.382 e. The van der Waals surface area contributed by atoms with Crippen molar-refractivity contribution in [3.05, 3.63) is 58.1 Å². The molecular formula is C17H16BrN3. The highest BCUT2D eigenvalue weighted by molar-refractivity contribution is 9.10. The number of aromatic nitrogens is 2. The van der Waals surface area contributed by atoms with E-state index in [9.17, 15) is 0 Å². The fourth-order valence-electron chi connectivity index (χ4n) is 2.54. The smallest absolute Gasteiger partial charge is 0.153 e. The Bertz CT molecular complexity index is 806. The van der Waals surface area contributed by atoms with E-state index in [1.807, 2.05) is 18.2 Å². The first-order chi connectivity index (χ1) is 10.1. The zero-order valence-electron chi connectivity index (χ0n) is 11.9. The van der Waals surface area contributed by atoms with Gasteiger partial charge in [-0.2, -0.15) is 5.10 Å². The highest BCUT2D eigenvalue weighted by Crippen LogP contribution is 2.38. The molecule has 3 N–H and O–H groups in total. The fraction of sp³-hybridized carbons (Fsp3) is 0.118. The minimum absolute atomic E-state index is 0.527. The molecule has 0 aliphatic rings. The fourth-order valence-corrected chi connectivity index (χ4v) is 2.90. The van der Waals surface area contributed by atoms with Crippen LogP contribution < -0.4 is 5.73 Å². The quantitative estimate of drug-likeness (QED) is 0.709. The average molecular weight is 342 g/mol. The van der Waals surface area contributed by atoms with Crippen LogP contribution in [0.25, 0.3) is 22.4 Å². The lowest BCUT2D eigenvalue weighted by Gasteiger charge is -2.10. The molecule has 0 aliphatic heterocycles. The molecule has 0 fully saturated rings. The lowest BCUT2D eigenvalue weighted by atomic mass is 9.95. The van der Waals surface area contributed by atoms with Gasteiger partial charge in [0.1, 0.15) is 0 Å². The standard InChI is InChI=1S/C17H16BrN3/c1-10-5-3-4-6-13(10)15-16(20-21-17(15)19)14-9-12(18)8-7-11(14)2/h3-9H,1-2H3,(H3,19,20,21). The van der Waals surface area contributed by atoms with Crippen molar-refractivity contribution in [3.63, 3.8) is 0 Å². The summed E-state index contributed by atoms with van der Waals surface area (Å²) < 4.78 is 1.03. The van der Waals surface area contributed by atoms with Gasteiger partial charge in [-0.25, -0.2) is 0 Å². The number of anilines is 1. The average Bonchev–Trinajstić information content (AvgIpc) is 2.84. The third kappa shape index (κ3) is 2.47. The van der Waals surface area contributed by atoms with Crippen molar-refractivity contribution in [1.82, 2.24) is 10.2 Å². The van der Waals surface area contributed by atoms with Gasteiger partial charge in [0.05, 0.1) is 11.3 Å². The zero-order chi connectivity index (χ0) is 15.0. The van der Waals surface area contributed by atoms with E-state index in [1.54, 1.807) is 0 Å². The lowest BCUT2D eigenvalue weighted by molar-refractivity contribution is 1.10. The van der Waals surface area contributed by atoms with Gasteiger partial charge in [-0.1, -0.05) is 46.3 Å². The second kappa shape index (κ2) is 5.37. The second-order valence-electron chi connectivity index (χ2n) is 5.13. The molecule has 3 aromatic rings. The number of halogens is 1. The molecule has 0 amide bonds. The zero-order valence-corrected chi connectivity index (χ0v) is 13.5. The van der Waals surface area contributed by atoms with Crippen LogP contribution in [-0.2, 0) is 0 Å². The largest absolute Gasteiger partial charge is 0.382 e. The van der Waals surface area contributed by atoms with Crippen molar-refractivity contribution in [3.8, 4) is 22.4 Å². The Balaban J connectivity index is 2.27. The van der Waals surface area contributed by atoms with Gasteiger partial charge in [-0.3, -0.25) is 5.10 Å². The van der Waals surface area contributed by atoms with Crippen LogP contribution in [0.4, 0.5) is 5.82 Å². The number of hydrogen-bond donors (Lipinski definition) is 2. The topological polar surface area (TPSA) is 54.7 Å². The Morgan fingerprint density at radius 3 is 2.48 bits per heavy atom. The number of nitrogen functional groups attached to an aromatic ring is 1. The maximum atomic E-state index is 6.11. The molecule has 106 valence electrons. The summed E-state index contributed by atoms with van der Waals surface area (Å²) in [5.41, 5.74) is 12.6. The molecule has 0 unspecified atom stereocenters. The third-order valence-corrected chi connectivity index (χ3v) is 4.17. The molecule has 2 aromatic carbocycles. The van der Waals surface area contributed by atoms with Gasteiger partial charge >= 0.3 is 0 Å². The van der Waals surface area contributed by atoms with Gasteiger partial charge in [0.25, 0.3) is 0 Å². The van der Waals surface area contributed by atoms with Crippen LogP contribution in [0.5, 0.6) is 0 Å². The third-order valence-electron chi connectivity index (χ3n) is 3.68. The van der Waals surface area contributed by atoms with Crippen LogP contribution in [0.3, 0.4) is 0 Å². The molecule has 3 nitrogen and oxygen atoms in total. The molecule has 0 atom stereocenters. The Hall–Kier alpha value is -2.07. The van der Waals surface area contributed by atoms with Crippen molar-refractivity contribution in [2.75, 3.05) is 5.73 Å². The van der Waals surface area contributed by atoms with Crippen LogP contribution in [-0.4, -0.2) is 10.2 Å². The van der Waals surface area contributed by atoms with Crippen molar-refractivity contribution in [2.45, 2.75) is 13.8 Å². The molecule has 3 rings (SSSR count). The maximum Gasteiger partial charge on any atom is 0.153 e. The number of aryl methyl sites for hydroxylation is 2. The molecule has 0 saturated carbocycles. The molecule has 1 aromatic heterocycles. The van der Waals surface area contributed by atoms with Crippen molar-refractivity contribution >= 4 is 21.7 Å². The summed E-state index contributed by atoms with van der Waals surface area (Å²) >= 11 is 3.53. The Kier molecular flexibility index (Phi) is 3.55. The normalized spacial score (nSPS) is 10.8. The highest BCUT2D eigenvalue weighted by Gasteiger charge is 2.17. The van der Waals surface area contributed by atoms with Crippen molar-refractivity contribution in [1.29, 1.82) is 0 Å². The maximum absolute atomic E-state index is 6.11. The number of nitrogens with one attached hydrogen (secondary N) is 1. The number of rotatable bonds is 2. The van der Waals surface area contributed by atoms with E-state index in [1.165, 1.54) is 11.1 Å². The molecule has 0 spiro atoms. The van der Waals surface area contributed by atoms with Crippen LogP contribution in [0.15, 0.2) is 46.9 Å². The molecule has 1 heterocycles. The van der Waals surface area contributed by atoms with E-state index < -0.39 is 0 Å². The van der Waals surface area contributed by atoms with Gasteiger partial charge < -0.3 is 5.73 Å². The summed E-state index contributed by atoms with van der Waals surface area (Å²) in [6, 6.07) is 14.4. The van der Waals surface area contributed by atoms with Crippen molar-refractivity contribution in [2.24, 2.45) is 0 Å². The van der Waals surface area contributed by atoms with E-state index in [0.29, 0.717) is 5.82 Å². The molecule has 0 radical (unpaired) electrons. The van der Waals surface area contributed by atoms with Gasteiger partial charge in [-0.15, -0.1) is 0 Å². The number of H-pyrrole nitrogens is 1. The highest BCUT2D eigenvalue weighted by atomic mass is 79.9. The van der Waals surface area contributed by atoms with E-state index in [-0.39, 0.29) is 0 Å². The van der Waals surface area contributed by atoms with Crippen LogP contribution in [0, 0.1) is 13.8 Å². The molecule has 0 saturated heterocycles. The summed E-state index contributed by atoms with van der Waals surface area (Å²) in [7, 11) is 0. The van der Waals surface area contributed by atoms with Gasteiger partial charge in [0, 0.05) is 10.0 Å². The molecule has 0 bridgehead atoms. The summed E-state index contributed by atoms with van der Waals surface area (Å²) in [6.45, 7) is 4.17. The lowest BCUT2D eigenvalue weighted by Crippen LogP contribution is -1.92. The monoisotopic (exact) mass is 341 g/mol. The van der Waals surface area contributed by atoms with Gasteiger partial charge in [-0.05, 0) is 42.7 Å². The van der Waals surface area contributed by atoms with Gasteiger partial charge in [0.15, 0.2) is 5.82 Å². The first-order valence-electron chi connectivity index (χ1n) is 6.74. The predicted octanol–water partition coefficient (Wildman–Crippen LogP) is 4.71. The van der Waals surface area contributed by atoms with E-state index in [0.717, 1.165) is 26.9 Å². The summed E-state index contributed by atoms with van der Waals surface area (Å²) in [6.07, 6.45) is 0.